The summed E-state index contributed by atoms with van der Waals surface area (Å²) in [7, 11) is 0. The smallest absolute Gasteiger partial charge is 0.287 e. The first-order chi connectivity index (χ1) is 8.16. The summed E-state index contributed by atoms with van der Waals surface area (Å²) in [4.78, 5) is 22.3. The van der Waals surface area contributed by atoms with Gasteiger partial charge in [0.1, 0.15) is 5.75 Å². The third-order valence-corrected chi connectivity index (χ3v) is 2.28. The van der Waals surface area contributed by atoms with Gasteiger partial charge in [0.15, 0.2) is 5.82 Å². The van der Waals surface area contributed by atoms with Gasteiger partial charge in [0.05, 0.1) is 17.9 Å². The second-order valence-corrected chi connectivity index (χ2v) is 3.57. The Morgan fingerprint density at radius 3 is 2.88 bits per heavy atom. The number of aromatic amines is 1. The van der Waals surface area contributed by atoms with Crippen molar-refractivity contribution in [2.45, 2.75) is 13.0 Å². The number of hydrogen-bond acceptors (Lipinski definition) is 4. The maximum atomic E-state index is 11.7. The Kier molecular flexibility index (Phi) is 3.04. The van der Waals surface area contributed by atoms with E-state index in [9.17, 15) is 4.79 Å². The van der Waals surface area contributed by atoms with Crippen LogP contribution in [0.1, 0.15) is 29.3 Å². The van der Waals surface area contributed by atoms with Crippen LogP contribution in [0.3, 0.4) is 0 Å². The van der Waals surface area contributed by atoms with Crippen LogP contribution < -0.4 is 5.32 Å². The molecule has 0 aliphatic carbocycles. The molecule has 1 atom stereocenters. The van der Waals surface area contributed by atoms with Gasteiger partial charge in [0.2, 0.25) is 0 Å². The van der Waals surface area contributed by atoms with Crippen LogP contribution in [0.15, 0.2) is 30.7 Å². The zero-order valence-electron chi connectivity index (χ0n) is 9.21. The molecule has 0 aliphatic heterocycles. The maximum absolute atomic E-state index is 11.7. The molecule has 0 saturated heterocycles. The standard InChI is InChI=1S/C11H12N4O2/c1-7(9-3-2-8(16)6-14-9)15-11(17)10-12-4-5-13-10/h2-7,16H,1H3,(H,12,13)(H,15,17)/t7-/m1/s1. The van der Waals surface area contributed by atoms with Crippen molar-refractivity contribution in [1.82, 2.24) is 20.3 Å². The summed E-state index contributed by atoms with van der Waals surface area (Å²) in [6.07, 6.45) is 4.43. The van der Waals surface area contributed by atoms with E-state index in [1.807, 2.05) is 0 Å². The molecule has 0 bridgehead atoms. The first-order valence-corrected chi connectivity index (χ1v) is 5.12. The van der Waals surface area contributed by atoms with Crippen molar-refractivity contribution < 1.29 is 9.90 Å². The Labute approximate surface area is 97.7 Å². The van der Waals surface area contributed by atoms with Crippen molar-refractivity contribution in [3.8, 4) is 5.75 Å². The highest BCUT2D eigenvalue weighted by Crippen LogP contribution is 2.13. The first-order valence-electron chi connectivity index (χ1n) is 5.12. The molecule has 6 heteroatoms. The number of pyridine rings is 1. The molecule has 0 unspecified atom stereocenters. The van der Waals surface area contributed by atoms with Gasteiger partial charge in [-0.2, -0.15) is 0 Å². The van der Waals surface area contributed by atoms with Crippen molar-refractivity contribution in [1.29, 1.82) is 0 Å². The Hall–Kier alpha value is -2.37. The molecule has 0 aromatic carbocycles. The van der Waals surface area contributed by atoms with E-state index in [-0.39, 0.29) is 23.5 Å². The summed E-state index contributed by atoms with van der Waals surface area (Å²) in [5.41, 5.74) is 0.669. The Balaban J connectivity index is 2.04. The van der Waals surface area contributed by atoms with Crippen LogP contribution in [0.5, 0.6) is 5.75 Å². The number of amides is 1. The van der Waals surface area contributed by atoms with Crippen molar-refractivity contribution in [3.05, 3.63) is 42.2 Å². The molecule has 0 fully saturated rings. The number of nitrogens with zero attached hydrogens (tertiary/aromatic N) is 2. The summed E-state index contributed by atoms with van der Waals surface area (Å²) in [5.74, 6) is 0.0614. The topological polar surface area (TPSA) is 90.9 Å². The van der Waals surface area contributed by atoms with Gasteiger partial charge in [0, 0.05) is 12.4 Å². The van der Waals surface area contributed by atoms with E-state index in [0.717, 1.165) is 0 Å². The van der Waals surface area contributed by atoms with Crippen LogP contribution in [-0.2, 0) is 0 Å². The molecular weight excluding hydrogens is 220 g/mol. The molecule has 1 amide bonds. The number of carbonyl (C=O) groups is 1. The highest BCUT2D eigenvalue weighted by Gasteiger charge is 2.13. The Morgan fingerprint density at radius 2 is 2.29 bits per heavy atom. The van der Waals surface area contributed by atoms with Crippen molar-refractivity contribution >= 4 is 5.91 Å². The monoisotopic (exact) mass is 232 g/mol. The fourth-order valence-electron chi connectivity index (χ4n) is 1.38. The van der Waals surface area contributed by atoms with E-state index < -0.39 is 0 Å². The number of H-pyrrole nitrogens is 1. The van der Waals surface area contributed by atoms with Gasteiger partial charge in [-0.25, -0.2) is 4.98 Å². The van der Waals surface area contributed by atoms with Crippen molar-refractivity contribution in [3.63, 3.8) is 0 Å². The molecule has 17 heavy (non-hydrogen) atoms. The van der Waals surface area contributed by atoms with Gasteiger partial charge in [0.25, 0.3) is 5.91 Å². The SMILES string of the molecule is C[C@@H](NC(=O)c1ncc[nH]1)c1ccc(O)cn1. The second-order valence-electron chi connectivity index (χ2n) is 3.57. The summed E-state index contributed by atoms with van der Waals surface area (Å²) < 4.78 is 0. The van der Waals surface area contributed by atoms with E-state index in [2.05, 4.69) is 20.3 Å². The minimum absolute atomic E-state index is 0.0957. The predicted molar refractivity (Wildman–Crippen MR) is 60.4 cm³/mol. The van der Waals surface area contributed by atoms with Crippen LogP contribution in [0.4, 0.5) is 0 Å². The second kappa shape index (κ2) is 4.65. The Morgan fingerprint density at radius 1 is 1.47 bits per heavy atom. The molecule has 2 rings (SSSR count). The molecular formula is C11H12N4O2. The number of aromatic nitrogens is 3. The lowest BCUT2D eigenvalue weighted by atomic mass is 10.2. The largest absolute Gasteiger partial charge is 0.506 e. The van der Waals surface area contributed by atoms with Gasteiger partial charge >= 0.3 is 0 Å². The number of imidazole rings is 1. The number of rotatable bonds is 3. The minimum Gasteiger partial charge on any atom is -0.506 e. The lowest BCUT2D eigenvalue weighted by Crippen LogP contribution is -2.28. The van der Waals surface area contributed by atoms with Gasteiger partial charge in [-0.05, 0) is 19.1 Å². The summed E-state index contributed by atoms with van der Waals surface area (Å²) in [5, 5.41) is 11.8. The van der Waals surface area contributed by atoms with Crippen LogP contribution in [-0.4, -0.2) is 26.0 Å². The fraction of sp³-hybridized carbons (Fsp3) is 0.182. The number of nitrogens with one attached hydrogen (secondary N) is 2. The normalized spacial score (nSPS) is 12.1. The third-order valence-electron chi connectivity index (χ3n) is 2.28. The summed E-state index contributed by atoms with van der Waals surface area (Å²) in [6.45, 7) is 1.81. The average molecular weight is 232 g/mol. The maximum Gasteiger partial charge on any atom is 0.287 e. The van der Waals surface area contributed by atoms with Gasteiger partial charge < -0.3 is 15.4 Å². The molecule has 2 aromatic rings. The first kappa shape index (κ1) is 11.1. The number of carbonyl (C=O) groups excluding carboxylic acids is 1. The number of hydrogen-bond donors (Lipinski definition) is 3. The molecule has 3 N–H and O–H groups in total. The minimum atomic E-state index is -0.294. The highest BCUT2D eigenvalue weighted by molar-refractivity contribution is 5.90. The van der Waals surface area contributed by atoms with E-state index in [0.29, 0.717) is 5.69 Å². The van der Waals surface area contributed by atoms with E-state index >= 15 is 0 Å². The lowest BCUT2D eigenvalue weighted by molar-refractivity contribution is 0.0929. The van der Waals surface area contributed by atoms with Crippen LogP contribution in [0, 0.1) is 0 Å². The van der Waals surface area contributed by atoms with Gasteiger partial charge in [-0.1, -0.05) is 0 Å². The molecule has 0 saturated carbocycles. The van der Waals surface area contributed by atoms with E-state index in [1.54, 1.807) is 19.2 Å². The zero-order valence-corrected chi connectivity index (χ0v) is 9.21. The van der Waals surface area contributed by atoms with Gasteiger partial charge in [-0.3, -0.25) is 9.78 Å². The lowest BCUT2D eigenvalue weighted by Gasteiger charge is -2.12. The highest BCUT2D eigenvalue weighted by atomic mass is 16.3. The van der Waals surface area contributed by atoms with E-state index in [4.69, 9.17) is 5.11 Å². The zero-order chi connectivity index (χ0) is 12.3. The Bertz CT molecular complexity index is 493. The molecule has 6 nitrogen and oxygen atoms in total. The van der Waals surface area contributed by atoms with Crippen LogP contribution in [0.25, 0.3) is 0 Å². The molecule has 2 aromatic heterocycles. The molecule has 88 valence electrons. The predicted octanol–water partition coefficient (Wildman–Crippen LogP) is 1.00. The van der Waals surface area contributed by atoms with Crippen LogP contribution >= 0.6 is 0 Å². The molecule has 0 spiro atoms. The fourth-order valence-corrected chi connectivity index (χ4v) is 1.38. The quantitative estimate of drug-likeness (QED) is 0.736. The third kappa shape index (κ3) is 2.60. The van der Waals surface area contributed by atoms with E-state index in [1.165, 1.54) is 18.5 Å². The summed E-state index contributed by atoms with van der Waals surface area (Å²) in [6, 6.07) is 2.92. The van der Waals surface area contributed by atoms with Gasteiger partial charge in [-0.15, -0.1) is 0 Å². The molecule has 0 aliphatic rings. The molecule has 0 radical (unpaired) electrons. The number of aromatic hydroxyl groups is 1. The summed E-state index contributed by atoms with van der Waals surface area (Å²) >= 11 is 0. The van der Waals surface area contributed by atoms with Crippen molar-refractivity contribution in [2.75, 3.05) is 0 Å². The average Bonchev–Trinajstić information content (AvgIpc) is 2.83. The van der Waals surface area contributed by atoms with Crippen molar-refractivity contribution in [2.24, 2.45) is 0 Å². The van der Waals surface area contributed by atoms with Crippen LogP contribution in [0.2, 0.25) is 0 Å². The molecule has 2 heterocycles.